The lowest BCUT2D eigenvalue weighted by Crippen LogP contribution is -2.53. The Labute approximate surface area is 111 Å². The van der Waals surface area contributed by atoms with Gasteiger partial charge in [-0.1, -0.05) is 0 Å². The van der Waals surface area contributed by atoms with Gasteiger partial charge in [-0.25, -0.2) is 4.39 Å². The second kappa shape index (κ2) is 6.49. The number of nitrogens with two attached hydrogens (primary N) is 1. The highest BCUT2D eigenvalue weighted by Gasteiger charge is 2.24. The SMILES string of the molecule is CC(C)(NCC(O)COc1ccc(F)cc1)C(N)=O. The van der Waals surface area contributed by atoms with Crippen molar-refractivity contribution in [2.45, 2.75) is 25.5 Å². The fourth-order valence-corrected chi connectivity index (χ4v) is 1.24. The van der Waals surface area contributed by atoms with Gasteiger partial charge < -0.3 is 20.9 Å². The lowest BCUT2D eigenvalue weighted by Gasteiger charge is -2.24. The van der Waals surface area contributed by atoms with Crippen LogP contribution in [0, 0.1) is 5.82 Å². The van der Waals surface area contributed by atoms with Gasteiger partial charge in [0, 0.05) is 6.54 Å². The summed E-state index contributed by atoms with van der Waals surface area (Å²) in [5.74, 6) is -0.383. The zero-order valence-corrected chi connectivity index (χ0v) is 11.0. The molecule has 0 aromatic heterocycles. The maximum absolute atomic E-state index is 12.7. The number of carbonyl (C=O) groups is 1. The number of carbonyl (C=O) groups excluding carboxylic acids is 1. The van der Waals surface area contributed by atoms with E-state index in [1.54, 1.807) is 13.8 Å². The minimum absolute atomic E-state index is 0.0352. The van der Waals surface area contributed by atoms with E-state index in [0.717, 1.165) is 0 Å². The smallest absolute Gasteiger partial charge is 0.237 e. The minimum Gasteiger partial charge on any atom is -0.491 e. The summed E-state index contributed by atoms with van der Waals surface area (Å²) in [6.07, 6.45) is -0.802. The molecule has 0 fully saturated rings. The van der Waals surface area contributed by atoms with Gasteiger partial charge in [0.25, 0.3) is 0 Å². The topological polar surface area (TPSA) is 84.6 Å². The van der Waals surface area contributed by atoms with Crippen LogP contribution in [-0.2, 0) is 4.79 Å². The molecule has 0 aliphatic heterocycles. The molecule has 0 aliphatic rings. The third-order valence-corrected chi connectivity index (χ3v) is 2.65. The lowest BCUT2D eigenvalue weighted by molar-refractivity contribution is -0.123. The summed E-state index contributed by atoms with van der Waals surface area (Å²) in [6.45, 7) is 3.45. The molecule has 1 atom stereocenters. The molecule has 0 saturated carbocycles. The van der Waals surface area contributed by atoms with Crippen molar-refractivity contribution in [2.75, 3.05) is 13.2 Å². The normalized spacial score (nSPS) is 13.1. The maximum atomic E-state index is 12.7. The molecule has 1 unspecified atom stereocenters. The number of amides is 1. The van der Waals surface area contributed by atoms with Crippen LogP contribution in [0.5, 0.6) is 5.75 Å². The van der Waals surface area contributed by atoms with Gasteiger partial charge in [0.2, 0.25) is 5.91 Å². The van der Waals surface area contributed by atoms with E-state index in [2.05, 4.69) is 5.32 Å². The number of hydrogen-bond donors (Lipinski definition) is 3. The monoisotopic (exact) mass is 270 g/mol. The Morgan fingerprint density at radius 1 is 1.47 bits per heavy atom. The number of halogens is 1. The minimum atomic E-state index is -0.892. The highest BCUT2D eigenvalue weighted by molar-refractivity contribution is 5.83. The fraction of sp³-hybridized carbons (Fsp3) is 0.462. The first kappa shape index (κ1) is 15.4. The Bertz CT molecular complexity index is 420. The maximum Gasteiger partial charge on any atom is 0.237 e. The quantitative estimate of drug-likeness (QED) is 0.670. The number of rotatable bonds is 7. The molecule has 0 radical (unpaired) electrons. The molecule has 0 spiro atoms. The molecule has 1 aromatic rings. The van der Waals surface area contributed by atoms with E-state index in [-0.39, 0.29) is 19.0 Å². The number of β-amino-alcohol motifs (C(OH)–C–C–N with tert-alkyl or cyclic N) is 1. The van der Waals surface area contributed by atoms with Crippen LogP contribution in [0.15, 0.2) is 24.3 Å². The fourth-order valence-electron chi connectivity index (χ4n) is 1.24. The lowest BCUT2D eigenvalue weighted by atomic mass is 10.1. The predicted molar refractivity (Wildman–Crippen MR) is 69.2 cm³/mol. The average molecular weight is 270 g/mol. The average Bonchev–Trinajstić information content (AvgIpc) is 2.35. The Hall–Kier alpha value is -1.66. The molecule has 1 rings (SSSR count). The first-order chi connectivity index (χ1) is 8.81. The molecule has 5 nitrogen and oxygen atoms in total. The van der Waals surface area contributed by atoms with Crippen LogP contribution in [0.1, 0.15) is 13.8 Å². The number of benzene rings is 1. The standard InChI is InChI=1S/C13H19FN2O3/c1-13(2,12(15)18)16-7-10(17)8-19-11-5-3-9(14)4-6-11/h3-6,10,16-17H,7-8H2,1-2H3,(H2,15,18). The molecule has 106 valence electrons. The van der Waals surface area contributed by atoms with Gasteiger partial charge in [-0.2, -0.15) is 0 Å². The van der Waals surface area contributed by atoms with E-state index in [0.29, 0.717) is 5.75 Å². The van der Waals surface area contributed by atoms with Gasteiger partial charge in [-0.05, 0) is 38.1 Å². The second-order valence-corrected chi connectivity index (χ2v) is 4.79. The van der Waals surface area contributed by atoms with Crippen molar-refractivity contribution < 1.29 is 19.0 Å². The number of ether oxygens (including phenoxy) is 1. The van der Waals surface area contributed by atoms with Crippen molar-refractivity contribution >= 4 is 5.91 Å². The van der Waals surface area contributed by atoms with Gasteiger partial charge >= 0.3 is 0 Å². The number of nitrogens with one attached hydrogen (secondary N) is 1. The summed E-state index contributed by atoms with van der Waals surface area (Å²) in [5, 5.41) is 12.5. The van der Waals surface area contributed by atoms with Crippen LogP contribution in [0.25, 0.3) is 0 Å². The van der Waals surface area contributed by atoms with Crippen LogP contribution in [0.3, 0.4) is 0 Å². The van der Waals surface area contributed by atoms with E-state index in [9.17, 15) is 14.3 Å². The van der Waals surface area contributed by atoms with Gasteiger partial charge in [-0.15, -0.1) is 0 Å². The third kappa shape index (κ3) is 5.23. The van der Waals surface area contributed by atoms with Gasteiger partial charge in [0.1, 0.15) is 24.3 Å². The van der Waals surface area contributed by atoms with Gasteiger partial charge in [0.15, 0.2) is 0 Å². The summed E-state index contributed by atoms with van der Waals surface area (Å²) < 4.78 is 17.9. The Morgan fingerprint density at radius 2 is 2.05 bits per heavy atom. The van der Waals surface area contributed by atoms with E-state index in [4.69, 9.17) is 10.5 Å². The number of hydrogen-bond acceptors (Lipinski definition) is 4. The van der Waals surface area contributed by atoms with E-state index in [1.807, 2.05) is 0 Å². The molecule has 4 N–H and O–H groups in total. The first-order valence-electron chi connectivity index (χ1n) is 5.92. The van der Waals surface area contributed by atoms with Gasteiger partial charge in [0.05, 0.1) is 5.54 Å². The third-order valence-electron chi connectivity index (χ3n) is 2.65. The number of aliphatic hydroxyl groups is 1. The molecular weight excluding hydrogens is 251 g/mol. The predicted octanol–water partition coefficient (Wildman–Crippen LogP) is 0.419. The number of aliphatic hydroxyl groups excluding tert-OH is 1. The van der Waals surface area contributed by atoms with Crippen LogP contribution < -0.4 is 15.8 Å². The summed E-state index contributed by atoms with van der Waals surface area (Å²) in [5.41, 5.74) is 4.29. The van der Waals surface area contributed by atoms with Crippen molar-refractivity contribution in [2.24, 2.45) is 5.73 Å². The van der Waals surface area contributed by atoms with Crippen molar-refractivity contribution in [3.63, 3.8) is 0 Å². The summed E-state index contributed by atoms with van der Waals surface area (Å²) in [7, 11) is 0. The highest BCUT2D eigenvalue weighted by Crippen LogP contribution is 2.11. The molecule has 0 saturated heterocycles. The van der Waals surface area contributed by atoms with Gasteiger partial charge in [-0.3, -0.25) is 4.79 Å². The zero-order valence-electron chi connectivity index (χ0n) is 11.0. The van der Waals surface area contributed by atoms with E-state index >= 15 is 0 Å². The molecule has 6 heteroatoms. The Morgan fingerprint density at radius 3 is 2.58 bits per heavy atom. The first-order valence-corrected chi connectivity index (χ1v) is 5.92. The molecule has 0 heterocycles. The van der Waals surface area contributed by atoms with Crippen molar-refractivity contribution in [3.05, 3.63) is 30.1 Å². The molecular formula is C13H19FN2O3. The largest absolute Gasteiger partial charge is 0.491 e. The molecule has 19 heavy (non-hydrogen) atoms. The second-order valence-electron chi connectivity index (χ2n) is 4.79. The van der Waals surface area contributed by atoms with Crippen LogP contribution in [-0.4, -0.2) is 35.8 Å². The Balaban J connectivity index is 2.34. The zero-order chi connectivity index (χ0) is 14.5. The van der Waals surface area contributed by atoms with Crippen LogP contribution >= 0.6 is 0 Å². The van der Waals surface area contributed by atoms with E-state index in [1.165, 1.54) is 24.3 Å². The molecule has 1 amide bonds. The summed E-state index contributed by atoms with van der Waals surface area (Å²) in [6, 6.07) is 5.50. The Kier molecular flexibility index (Phi) is 5.26. The highest BCUT2D eigenvalue weighted by atomic mass is 19.1. The van der Waals surface area contributed by atoms with E-state index < -0.39 is 17.6 Å². The molecule has 0 bridgehead atoms. The number of primary amides is 1. The van der Waals surface area contributed by atoms with Crippen molar-refractivity contribution in [3.8, 4) is 5.75 Å². The van der Waals surface area contributed by atoms with Crippen LogP contribution in [0.4, 0.5) is 4.39 Å². The van der Waals surface area contributed by atoms with Crippen molar-refractivity contribution in [1.29, 1.82) is 0 Å². The molecule has 1 aromatic carbocycles. The van der Waals surface area contributed by atoms with Crippen LogP contribution in [0.2, 0.25) is 0 Å². The summed E-state index contributed by atoms with van der Waals surface area (Å²) in [4.78, 5) is 11.1. The summed E-state index contributed by atoms with van der Waals surface area (Å²) >= 11 is 0. The molecule has 0 aliphatic carbocycles. The van der Waals surface area contributed by atoms with Crippen molar-refractivity contribution in [1.82, 2.24) is 5.32 Å².